The van der Waals surface area contributed by atoms with E-state index in [-0.39, 0.29) is 17.9 Å². The first-order valence-electron chi connectivity index (χ1n) is 4.49. The molecule has 0 saturated carbocycles. The second-order valence-electron chi connectivity index (χ2n) is 3.28. The third-order valence-corrected chi connectivity index (χ3v) is 1.75. The Hall–Kier alpha value is -1.43. The number of carbonyl (C=O) groups excluding carboxylic acids is 2. The third-order valence-electron chi connectivity index (χ3n) is 1.75. The van der Waals surface area contributed by atoms with Gasteiger partial charge in [-0.2, -0.15) is 5.10 Å². The first kappa shape index (κ1) is 10.6. The summed E-state index contributed by atoms with van der Waals surface area (Å²) in [6.45, 7) is 2.20. The molecule has 0 aliphatic carbocycles. The van der Waals surface area contributed by atoms with Gasteiger partial charge in [-0.25, -0.2) is 5.43 Å². The number of amides is 2. The van der Waals surface area contributed by atoms with Crippen LogP contribution in [0.3, 0.4) is 0 Å². The molecule has 14 heavy (non-hydrogen) atoms. The fraction of sp³-hybridized carbons (Fsp3) is 0.625. The van der Waals surface area contributed by atoms with Gasteiger partial charge in [0, 0.05) is 25.4 Å². The molecule has 0 fully saturated rings. The molecule has 0 aromatic rings. The van der Waals surface area contributed by atoms with Crippen LogP contribution >= 0.6 is 0 Å². The van der Waals surface area contributed by atoms with Gasteiger partial charge >= 0.3 is 0 Å². The molecule has 2 amide bonds. The Morgan fingerprint density at radius 2 is 2.43 bits per heavy atom. The Labute approximate surface area is 81.9 Å². The van der Waals surface area contributed by atoms with Crippen LogP contribution in [0.25, 0.3) is 0 Å². The number of hydrogen-bond donors (Lipinski definition) is 3. The van der Waals surface area contributed by atoms with E-state index in [4.69, 9.17) is 5.73 Å². The van der Waals surface area contributed by atoms with Crippen LogP contribution in [0.15, 0.2) is 5.10 Å². The highest BCUT2D eigenvalue weighted by molar-refractivity contribution is 6.39. The molecule has 0 bridgehead atoms. The summed E-state index contributed by atoms with van der Waals surface area (Å²) < 4.78 is 0. The third kappa shape index (κ3) is 3.14. The Morgan fingerprint density at radius 3 is 2.93 bits per heavy atom. The summed E-state index contributed by atoms with van der Waals surface area (Å²) >= 11 is 0. The van der Waals surface area contributed by atoms with E-state index in [2.05, 4.69) is 15.8 Å². The Bertz CT molecular complexity index is 273. The molecule has 6 nitrogen and oxygen atoms in total. The molecule has 1 rings (SSSR count). The van der Waals surface area contributed by atoms with Gasteiger partial charge in [0.15, 0.2) is 0 Å². The molecule has 1 aliphatic rings. The maximum absolute atomic E-state index is 11.4. The molecular formula is C8H14N4O2. The Morgan fingerprint density at radius 1 is 1.71 bits per heavy atom. The van der Waals surface area contributed by atoms with Crippen molar-refractivity contribution in [2.24, 2.45) is 10.8 Å². The minimum Gasteiger partial charge on any atom is -0.349 e. The highest BCUT2D eigenvalue weighted by Gasteiger charge is 2.17. The number of nitrogens with zero attached hydrogens (tertiary/aromatic N) is 1. The normalized spacial score (nSPS) is 18.1. The quantitative estimate of drug-likeness (QED) is 0.526. The molecule has 6 heteroatoms. The van der Waals surface area contributed by atoms with E-state index in [1.807, 2.05) is 0 Å². The predicted octanol–water partition coefficient (Wildman–Crippen LogP) is -1.28. The SMILES string of the molecule is CC(N)CNC(=O)C1=NNC(=O)CC1. The van der Waals surface area contributed by atoms with Crippen LogP contribution in [0.4, 0.5) is 0 Å². The van der Waals surface area contributed by atoms with Crippen LogP contribution in [0.5, 0.6) is 0 Å². The van der Waals surface area contributed by atoms with Gasteiger partial charge in [-0.3, -0.25) is 9.59 Å². The Kier molecular flexibility index (Phi) is 3.58. The maximum Gasteiger partial charge on any atom is 0.267 e. The van der Waals surface area contributed by atoms with E-state index in [1.165, 1.54) is 0 Å². The van der Waals surface area contributed by atoms with Crippen molar-refractivity contribution in [2.75, 3.05) is 6.54 Å². The molecule has 0 aromatic heterocycles. The van der Waals surface area contributed by atoms with Gasteiger partial charge in [-0.05, 0) is 6.92 Å². The van der Waals surface area contributed by atoms with Gasteiger partial charge < -0.3 is 11.1 Å². The monoisotopic (exact) mass is 198 g/mol. The zero-order valence-electron chi connectivity index (χ0n) is 8.04. The largest absolute Gasteiger partial charge is 0.349 e. The number of carbonyl (C=O) groups is 2. The first-order chi connectivity index (χ1) is 6.59. The maximum atomic E-state index is 11.4. The van der Waals surface area contributed by atoms with Gasteiger partial charge in [0.05, 0.1) is 0 Å². The van der Waals surface area contributed by atoms with Gasteiger partial charge in [-0.15, -0.1) is 0 Å². The van der Waals surface area contributed by atoms with Crippen molar-refractivity contribution >= 4 is 17.5 Å². The summed E-state index contributed by atoms with van der Waals surface area (Å²) in [7, 11) is 0. The van der Waals surface area contributed by atoms with E-state index in [0.29, 0.717) is 25.1 Å². The van der Waals surface area contributed by atoms with Crippen LogP contribution in [-0.2, 0) is 9.59 Å². The number of nitrogens with one attached hydrogen (secondary N) is 2. The van der Waals surface area contributed by atoms with E-state index in [9.17, 15) is 9.59 Å². The van der Waals surface area contributed by atoms with Crippen molar-refractivity contribution in [1.29, 1.82) is 0 Å². The molecular weight excluding hydrogens is 184 g/mol. The summed E-state index contributed by atoms with van der Waals surface area (Å²) in [5, 5.41) is 6.27. The van der Waals surface area contributed by atoms with Crippen LogP contribution < -0.4 is 16.5 Å². The average Bonchev–Trinajstić information content (AvgIpc) is 2.15. The minimum atomic E-state index is -0.262. The zero-order valence-corrected chi connectivity index (χ0v) is 8.04. The molecule has 1 unspecified atom stereocenters. The molecule has 0 radical (unpaired) electrons. The fourth-order valence-electron chi connectivity index (χ4n) is 0.994. The van der Waals surface area contributed by atoms with Crippen molar-refractivity contribution in [3.63, 3.8) is 0 Å². The van der Waals surface area contributed by atoms with Crippen molar-refractivity contribution in [3.05, 3.63) is 0 Å². The van der Waals surface area contributed by atoms with E-state index < -0.39 is 0 Å². The molecule has 78 valence electrons. The van der Waals surface area contributed by atoms with Crippen molar-refractivity contribution < 1.29 is 9.59 Å². The van der Waals surface area contributed by atoms with Crippen molar-refractivity contribution in [2.45, 2.75) is 25.8 Å². The summed E-state index contributed by atoms with van der Waals surface area (Å²) in [5.74, 6) is -0.420. The molecule has 0 spiro atoms. The lowest BCUT2D eigenvalue weighted by atomic mass is 10.1. The van der Waals surface area contributed by atoms with Gasteiger partial charge in [-0.1, -0.05) is 0 Å². The van der Waals surface area contributed by atoms with Crippen LogP contribution in [0.1, 0.15) is 19.8 Å². The van der Waals surface area contributed by atoms with Gasteiger partial charge in [0.1, 0.15) is 5.71 Å². The molecule has 1 atom stereocenters. The van der Waals surface area contributed by atoms with Crippen molar-refractivity contribution in [3.8, 4) is 0 Å². The van der Waals surface area contributed by atoms with E-state index in [1.54, 1.807) is 6.92 Å². The van der Waals surface area contributed by atoms with Crippen molar-refractivity contribution in [1.82, 2.24) is 10.7 Å². The molecule has 0 saturated heterocycles. The molecule has 1 heterocycles. The van der Waals surface area contributed by atoms with Crippen LogP contribution in [-0.4, -0.2) is 30.1 Å². The Balaban J connectivity index is 2.41. The number of nitrogens with two attached hydrogens (primary N) is 1. The lowest BCUT2D eigenvalue weighted by molar-refractivity contribution is -0.121. The van der Waals surface area contributed by atoms with E-state index in [0.717, 1.165) is 0 Å². The summed E-state index contributed by atoms with van der Waals surface area (Å²) in [6, 6.07) is -0.0854. The highest BCUT2D eigenvalue weighted by Crippen LogP contribution is 1.99. The van der Waals surface area contributed by atoms with Crippen LogP contribution in [0, 0.1) is 0 Å². The average molecular weight is 198 g/mol. The number of rotatable bonds is 3. The minimum absolute atomic E-state index is 0.0854. The topological polar surface area (TPSA) is 96.6 Å². The first-order valence-corrected chi connectivity index (χ1v) is 4.49. The van der Waals surface area contributed by atoms with E-state index >= 15 is 0 Å². The lowest BCUT2D eigenvalue weighted by Crippen LogP contribution is -2.41. The summed E-state index contributed by atoms with van der Waals surface area (Å²) in [5.41, 5.74) is 8.08. The highest BCUT2D eigenvalue weighted by atomic mass is 16.2. The number of hydrogen-bond acceptors (Lipinski definition) is 4. The second kappa shape index (κ2) is 4.71. The standard InChI is InChI=1S/C8H14N4O2/c1-5(9)4-10-8(14)6-2-3-7(13)12-11-6/h5H,2-4,9H2,1H3,(H,10,14)(H,12,13). The van der Waals surface area contributed by atoms with Crippen LogP contribution in [0.2, 0.25) is 0 Å². The number of hydrazone groups is 1. The molecule has 0 aromatic carbocycles. The summed E-state index contributed by atoms with van der Waals surface area (Å²) in [4.78, 5) is 22.1. The lowest BCUT2D eigenvalue weighted by Gasteiger charge is -2.12. The smallest absolute Gasteiger partial charge is 0.267 e. The van der Waals surface area contributed by atoms with Gasteiger partial charge in [0.2, 0.25) is 5.91 Å². The molecule has 4 N–H and O–H groups in total. The predicted molar refractivity (Wildman–Crippen MR) is 51.5 cm³/mol. The molecule has 1 aliphatic heterocycles. The van der Waals surface area contributed by atoms with Gasteiger partial charge in [0.25, 0.3) is 5.91 Å². The second-order valence-corrected chi connectivity index (χ2v) is 3.28. The summed E-state index contributed by atoms with van der Waals surface area (Å²) in [6.07, 6.45) is 0.695. The fourth-order valence-corrected chi connectivity index (χ4v) is 0.994. The zero-order chi connectivity index (χ0) is 10.6.